The average Bonchev–Trinajstić information content (AvgIpc) is 2.17. The zero-order valence-corrected chi connectivity index (χ0v) is 9.67. The van der Waals surface area contributed by atoms with E-state index in [-0.39, 0.29) is 6.61 Å². The molecule has 0 bridgehead atoms. The molecule has 0 aromatic heterocycles. The molecule has 0 saturated heterocycles. The molecule has 0 saturated carbocycles. The highest BCUT2D eigenvalue weighted by atomic mass is 16.3. The minimum absolute atomic E-state index is 0.199. The van der Waals surface area contributed by atoms with E-state index in [2.05, 4.69) is 30.2 Å². The Morgan fingerprint density at radius 1 is 1.50 bits per heavy atom. The molecule has 82 valence electrons. The van der Waals surface area contributed by atoms with Crippen LogP contribution in [-0.2, 0) is 0 Å². The average molecular weight is 198 g/mol. The standard InChI is InChI=1S/C11H22N2O/c1-9(7-11(3)12-4)10(2)8-13-5-6-14/h7,10,13-14H,5-6,8H2,1-4H3/b9-7+,12-11?. The summed E-state index contributed by atoms with van der Waals surface area (Å²) < 4.78 is 0. The van der Waals surface area contributed by atoms with E-state index in [1.165, 1.54) is 5.57 Å². The van der Waals surface area contributed by atoms with Crippen LogP contribution in [0.5, 0.6) is 0 Å². The number of nitrogens with one attached hydrogen (secondary N) is 1. The smallest absolute Gasteiger partial charge is 0.0555 e. The number of hydrogen-bond acceptors (Lipinski definition) is 3. The molecule has 0 aliphatic heterocycles. The highest BCUT2D eigenvalue weighted by molar-refractivity contribution is 5.93. The first-order chi connectivity index (χ1) is 6.61. The van der Waals surface area contributed by atoms with Crippen LogP contribution in [0.3, 0.4) is 0 Å². The molecule has 0 spiro atoms. The summed E-state index contributed by atoms with van der Waals surface area (Å²) in [5.41, 5.74) is 2.37. The number of rotatable bonds is 6. The van der Waals surface area contributed by atoms with Gasteiger partial charge in [0, 0.05) is 25.8 Å². The first-order valence-electron chi connectivity index (χ1n) is 5.05. The van der Waals surface area contributed by atoms with E-state index in [0.29, 0.717) is 12.5 Å². The quantitative estimate of drug-likeness (QED) is 0.498. The van der Waals surface area contributed by atoms with Crippen molar-refractivity contribution in [2.24, 2.45) is 10.9 Å². The second-order valence-corrected chi connectivity index (χ2v) is 3.58. The van der Waals surface area contributed by atoms with Gasteiger partial charge in [0.2, 0.25) is 0 Å². The van der Waals surface area contributed by atoms with Crippen LogP contribution in [0, 0.1) is 5.92 Å². The van der Waals surface area contributed by atoms with Gasteiger partial charge >= 0.3 is 0 Å². The molecule has 0 aromatic rings. The van der Waals surface area contributed by atoms with Gasteiger partial charge in [-0.3, -0.25) is 4.99 Å². The summed E-state index contributed by atoms with van der Waals surface area (Å²) in [4.78, 5) is 4.09. The van der Waals surface area contributed by atoms with Crippen molar-refractivity contribution in [2.75, 3.05) is 26.7 Å². The molecule has 0 aliphatic rings. The Kier molecular flexibility index (Phi) is 7.34. The third-order valence-electron chi connectivity index (χ3n) is 2.31. The first-order valence-corrected chi connectivity index (χ1v) is 5.05. The minimum Gasteiger partial charge on any atom is -0.395 e. The summed E-state index contributed by atoms with van der Waals surface area (Å²) in [7, 11) is 1.80. The summed E-state index contributed by atoms with van der Waals surface area (Å²) in [6.45, 7) is 8.04. The molecule has 0 aromatic carbocycles. The molecule has 0 radical (unpaired) electrons. The monoisotopic (exact) mass is 198 g/mol. The van der Waals surface area contributed by atoms with Gasteiger partial charge in [-0.1, -0.05) is 12.5 Å². The zero-order valence-electron chi connectivity index (χ0n) is 9.67. The molecule has 0 amide bonds. The molecule has 14 heavy (non-hydrogen) atoms. The van der Waals surface area contributed by atoms with Crippen molar-refractivity contribution < 1.29 is 5.11 Å². The SMILES string of the molecule is CN=C(C)/C=C(\C)C(C)CNCCO. The van der Waals surface area contributed by atoms with Crippen LogP contribution >= 0.6 is 0 Å². The fraction of sp³-hybridized carbons (Fsp3) is 0.727. The van der Waals surface area contributed by atoms with Gasteiger partial charge in [-0.15, -0.1) is 0 Å². The number of aliphatic imine (C=N–C) groups is 1. The van der Waals surface area contributed by atoms with Gasteiger partial charge in [-0.2, -0.15) is 0 Å². The maximum absolute atomic E-state index is 8.61. The Morgan fingerprint density at radius 2 is 2.14 bits per heavy atom. The van der Waals surface area contributed by atoms with Gasteiger partial charge in [0.15, 0.2) is 0 Å². The lowest BCUT2D eigenvalue weighted by molar-refractivity contribution is 0.290. The van der Waals surface area contributed by atoms with Crippen molar-refractivity contribution in [3.8, 4) is 0 Å². The molecule has 1 unspecified atom stereocenters. The summed E-state index contributed by atoms with van der Waals surface area (Å²) >= 11 is 0. The summed E-state index contributed by atoms with van der Waals surface area (Å²) in [6, 6.07) is 0. The molecule has 2 N–H and O–H groups in total. The first kappa shape index (κ1) is 13.3. The van der Waals surface area contributed by atoms with Crippen LogP contribution < -0.4 is 5.32 Å². The summed E-state index contributed by atoms with van der Waals surface area (Å²) in [5.74, 6) is 0.484. The highest BCUT2D eigenvalue weighted by Crippen LogP contribution is 2.08. The predicted octanol–water partition coefficient (Wildman–Crippen LogP) is 1.24. The van der Waals surface area contributed by atoms with Crippen molar-refractivity contribution in [2.45, 2.75) is 20.8 Å². The lowest BCUT2D eigenvalue weighted by Gasteiger charge is -2.12. The fourth-order valence-corrected chi connectivity index (χ4v) is 1.09. The van der Waals surface area contributed by atoms with E-state index in [1.54, 1.807) is 7.05 Å². The predicted molar refractivity (Wildman–Crippen MR) is 61.9 cm³/mol. The normalized spacial score (nSPS) is 15.8. The van der Waals surface area contributed by atoms with Gasteiger partial charge in [0.1, 0.15) is 0 Å². The van der Waals surface area contributed by atoms with Gasteiger partial charge < -0.3 is 10.4 Å². The highest BCUT2D eigenvalue weighted by Gasteiger charge is 2.03. The lowest BCUT2D eigenvalue weighted by atomic mass is 10.0. The molecular weight excluding hydrogens is 176 g/mol. The Bertz CT molecular complexity index is 209. The van der Waals surface area contributed by atoms with Crippen molar-refractivity contribution in [3.05, 3.63) is 11.6 Å². The number of allylic oxidation sites excluding steroid dienone is 1. The van der Waals surface area contributed by atoms with Crippen LogP contribution in [0.15, 0.2) is 16.6 Å². The zero-order chi connectivity index (χ0) is 11.0. The maximum Gasteiger partial charge on any atom is 0.0555 e. The number of nitrogens with zero attached hydrogens (tertiary/aromatic N) is 1. The third kappa shape index (κ3) is 5.89. The van der Waals surface area contributed by atoms with Crippen LogP contribution in [-0.4, -0.2) is 37.6 Å². The van der Waals surface area contributed by atoms with Crippen LogP contribution in [0.1, 0.15) is 20.8 Å². The van der Waals surface area contributed by atoms with E-state index in [4.69, 9.17) is 5.11 Å². The van der Waals surface area contributed by atoms with E-state index in [0.717, 1.165) is 12.3 Å². The van der Waals surface area contributed by atoms with Crippen molar-refractivity contribution >= 4 is 5.71 Å². The second kappa shape index (κ2) is 7.71. The summed E-state index contributed by atoms with van der Waals surface area (Å²) in [5, 5.41) is 11.8. The molecule has 0 fully saturated rings. The topological polar surface area (TPSA) is 44.6 Å². The van der Waals surface area contributed by atoms with Crippen molar-refractivity contribution in [1.29, 1.82) is 0 Å². The molecule has 3 nitrogen and oxygen atoms in total. The van der Waals surface area contributed by atoms with Crippen LogP contribution in [0.25, 0.3) is 0 Å². The number of hydrogen-bond donors (Lipinski definition) is 2. The lowest BCUT2D eigenvalue weighted by Crippen LogP contribution is -2.24. The van der Waals surface area contributed by atoms with E-state index in [9.17, 15) is 0 Å². The molecule has 0 heterocycles. The molecular formula is C11H22N2O. The summed E-state index contributed by atoms with van der Waals surface area (Å²) in [6.07, 6.45) is 2.10. The molecule has 3 heteroatoms. The largest absolute Gasteiger partial charge is 0.395 e. The molecule has 0 aliphatic carbocycles. The van der Waals surface area contributed by atoms with E-state index in [1.807, 2.05) is 6.92 Å². The number of aliphatic hydroxyl groups excluding tert-OH is 1. The van der Waals surface area contributed by atoms with Gasteiger partial charge in [-0.25, -0.2) is 0 Å². The Balaban J connectivity index is 3.98. The second-order valence-electron chi connectivity index (χ2n) is 3.58. The fourth-order valence-electron chi connectivity index (χ4n) is 1.09. The van der Waals surface area contributed by atoms with Crippen LogP contribution in [0.2, 0.25) is 0 Å². The van der Waals surface area contributed by atoms with E-state index < -0.39 is 0 Å². The Labute approximate surface area is 86.9 Å². The molecule has 0 rings (SSSR count). The maximum atomic E-state index is 8.61. The van der Waals surface area contributed by atoms with Gasteiger partial charge in [0.25, 0.3) is 0 Å². The van der Waals surface area contributed by atoms with Crippen molar-refractivity contribution in [3.63, 3.8) is 0 Å². The van der Waals surface area contributed by atoms with Gasteiger partial charge in [-0.05, 0) is 25.8 Å². The Hall–Kier alpha value is -0.670. The third-order valence-corrected chi connectivity index (χ3v) is 2.31. The van der Waals surface area contributed by atoms with Crippen molar-refractivity contribution in [1.82, 2.24) is 5.32 Å². The minimum atomic E-state index is 0.199. The Morgan fingerprint density at radius 3 is 2.64 bits per heavy atom. The number of aliphatic hydroxyl groups is 1. The van der Waals surface area contributed by atoms with E-state index >= 15 is 0 Å². The van der Waals surface area contributed by atoms with Crippen LogP contribution in [0.4, 0.5) is 0 Å². The molecule has 1 atom stereocenters. The van der Waals surface area contributed by atoms with Gasteiger partial charge in [0.05, 0.1) is 6.61 Å².